The van der Waals surface area contributed by atoms with E-state index in [2.05, 4.69) is 0 Å². The second-order valence-corrected chi connectivity index (χ2v) is 5.29. The number of carbonyl (C=O) groups is 1. The molecule has 1 amide bonds. The first-order chi connectivity index (χ1) is 10.6. The SMILES string of the molecule is COc1ccc(CN(C)C(=O)CN(C)c2ccccc2)cc1. The fourth-order valence-electron chi connectivity index (χ4n) is 2.19. The predicted octanol–water partition coefficient (Wildman–Crippen LogP) is 2.79. The zero-order valence-corrected chi connectivity index (χ0v) is 13.3. The molecule has 2 aromatic carbocycles. The molecule has 0 atom stereocenters. The van der Waals surface area contributed by atoms with Crippen LogP contribution < -0.4 is 9.64 Å². The van der Waals surface area contributed by atoms with Crippen molar-refractivity contribution in [1.82, 2.24) is 4.90 Å². The first-order valence-electron chi connectivity index (χ1n) is 7.23. The van der Waals surface area contributed by atoms with Crippen molar-refractivity contribution in [2.24, 2.45) is 0 Å². The maximum absolute atomic E-state index is 12.3. The Labute approximate surface area is 131 Å². The Balaban J connectivity index is 1.91. The molecule has 2 aromatic rings. The molecule has 0 N–H and O–H groups in total. The average Bonchev–Trinajstić information content (AvgIpc) is 2.56. The van der Waals surface area contributed by atoms with E-state index in [1.165, 1.54) is 0 Å². The number of likely N-dealkylation sites (N-methyl/N-ethyl adjacent to an activating group) is 2. The molecule has 0 aromatic heterocycles. The molecule has 0 aliphatic carbocycles. The van der Waals surface area contributed by atoms with Crippen LogP contribution in [0.3, 0.4) is 0 Å². The lowest BCUT2D eigenvalue weighted by atomic mass is 10.2. The lowest BCUT2D eigenvalue weighted by molar-refractivity contribution is -0.128. The monoisotopic (exact) mass is 298 g/mol. The first-order valence-corrected chi connectivity index (χ1v) is 7.23. The van der Waals surface area contributed by atoms with Crippen molar-refractivity contribution in [3.63, 3.8) is 0 Å². The molecule has 2 rings (SSSR count). The molecule has 22 heavy (non-hydrogen) atoms. The first kappa shape index (κ1) is 15.9. The van der Waals surface area contributed by atoms with Gasteiger partial charge in [-0.1, -0.05) is 30.3 Å². The largest absolute Gasteiger partial charge is 0.497 e. The van der Waals surface area contributed by atoms with Gasteiger partial charge in [0, 0.05) is 26.3 Å². The Hall–Kier alpha value is -2.49. The van der Waals surface area contributed by atoms with E-state index < -0.39 is 0 Å². The Morgan fingerprint density at radius 2 is 1.64 bits per heavy atom. The molecule has 0 unspecified atom stereocenters. The van der Waals surface area contributed by atoms with Crippen molar-refractivity contribution >= 4 is 11.6 Å². The standard InChI is InChI=1S/C18H22N2O2/c1-19(16-7-5-4-6-8-16)14-18(21)20(2)13-15-9-11-17(22-3)12-10-15/h4-12H,13-14H2,1-3H3. The third-order valence-corrected chi connectivity index (χ3v) is 3.57. The minimum atomic E-state index is 0.0853. The number of hydrogen-bond donors (Lipinski definition) is 0. The fourth-order valence-corrected chi connectivity index (χ4v) is 2.19. The van der Waals surface area contributed by atoms with Crippen molar-refractivity contribution < 1.29 is 9.53 Å². The van der Waals surface area contributed by atoms with Gasteiger partial charge in [-0.2, -0.15) is 0 Å². The molecular weight excluding hydrogens is 276 g/mol. The van der Waals surface area contributed by atoms with Crippen LogP contribution in [0.4, 0.5) is 5.69 Å². The van der Waals surface area contributed by atoms with Crippen LogP contribution in [0.15, 0.2) is 54.6 Å². The van der Waals surface area contributed by atoms with Crippen LogP contribution in [0, 0.1) is 0 Å². The minimum absolute atomic E-state index is 0.0853. The summed E-state index contributed by atoms with van der Waals surface area (Å²) in [6.45, 7) is 0.947. The molecule has 0 saturated carbocycles. The predicted molar refractivity (Wildman–Crippen MR) is 89.2 cm³/mol. The van der Waals surface area contributed by atoms with E-state index in [0.29, 0.717) is 13.1 Å². The Morgan fingerprint density at radius 1 is 1.00 bits per heavy atom. The van der Waals surface area contributed by atoms with Crippen molar-refractivity contribution in [3.8, 4) is 5.75 Å². The van der Waals surface area contributed by atoms with Gasteiger partial charge in [-0.05, 0) is 29.8 Å². The molecule has 116 valence electrons. The van der Waals surface area contributed by atoms with Gasteiger partial charge in [0.2, 0.25) is 5.91 Å². The maximum Gasteiger partial charge on any atom is 0.242 e. The number of ether oxygens (including phenoxy) is 1. The van der Waals surface area contributed by atoms with Crippen molar-refractivity contribution in [3.05, 3.63) is 60.2 Å². The fraction of sp³-hybridized carbons (Fsp3) is 0.278. The van der Waals surface area contributed by atoms with Gasteiger partial charge in [0.15, 0.2) is 0 Å². The summed E-state index contributed by atoms with van der Waals surface area (Å²) in [4.78, 5) is 16.0. The minimum Gasteiger partial charge on any atom is -0.497 e. The number of benzene rings is 2. The average molecular weight is 298 g/mol. The van der Waals surface area contributed by atoms with Crippen LogP contribution in [0.5, 0.6) is 5.75 Å². The van der Waals surface area contributed by atoms with Gasteiger partial charge >= 0.3 is 0 Å². The van der Waals surface area contributed by atoms with Gasteiger partial charge in [-0.25, -0.2) is 0 Å². The van der Waals surface area contributed by atoms with E-state index in [4.69, 9.17) is 4.74 Å². The zero-order valence-electron chi connectivity index (χ0n) is 13.3. The molecule has 0 radical (unpaired) electrons. The number of nitrogens with zero attached hydrogens (tertiary/aromatic N) is 2. The van der Waals surface area contributed by atoms with Crippen LogP contribution in [0.2, 0.25) is 0 Å². The summed E-state index contributed by atoms with van der Waals surface area (Å²) >= 11 is 0. The molecular formula is C18H22N2O2. The van der Waals surface area contributed by atoms with E-state index in [9.17, 15) is 4.79 Å². The summed E-state index contributed by atoms with van der Waals surface area (Å²) in [6.07, 6.45) is 0. The third kappa shape index (κ3) is 4.25. The molecule has 0 heterocycles. The lowest BCUT2D eigenvalue weighted by Gasteiger charge is -2.23. The van der Waals surface area contributed by atoms with Gasteiger partial charge in [-0.3, -0.25) is 4.79 Å². The van der Waals surface area contributed by atoms with Crippen molar-refractivity contribution in [2.45, 2.75) is 6.54 Å². The maximum atomic E-state index is 12.3. The highest BCUT2D eigenvalue weighted by Crippen LogP contribution is 2.14. The number of methoxy groups -OCH3 is 1. The highest BCUT2D eigenvalue weighted by molar-refractivity contribution is 5.81. The number of hydrogen-bond acceptors (Lipinski definition) is 3. The number of anilines is 1. The topological polar surface area (TPSA) is 32.8 Å². The van der Waals surface area contributed by atoms with Crippen LogP contribution in [-0.2, 0) is 11.3 Å². The summed E-state index contributed by atoms with van der Waals surface area (Å²) < 4.78 is 5.14. The highest BCUT2D eigenvalue weighted by Gasteiger charge is 2.12. The van der Waals surface area contributed by atoms with E-state index in [-0.39, 0.29) is 5.91 Å². The van der Waals surface area contributed by atoms with Crippen LogP contribution >= 0.6 is 0 Å². The molecule has 0 bridgehead atoms. The molecule has 0 saturated heterocycles. The van der Waals surface area contributed by atoms with Crippen LogP contribution in [0.1, 0.15) is 5.56 Å². The molecule has 4 nitrogen and oxygen atoms in total. The Kier molecular flexibility index (Phi) is 5.42. The number of amides is 1. The van der Waals surface area contributed by atoms with Gasteiger partial charge < -0.3 is 14.5 Å². The smallest absolute Gasteiger partial charge is 0.242 e. The van der Waals surface area contributed by atoms with Crippen molar-refractivity contribution in [1.29, 1.82) is 0 Å². The van der Waals surface area contributed by atoms with Gasteiger partial charge in [0.1, 0.15) is 5.75 Å². The molecule has 0 aliphatic heterocycles. The molecule has 4 heteroatoms. The number of rotatable bonds is 6. The summed E-state index contributed by atoms with van der Waals surface area (Å²) in [5.41, 5.74) is 2.12. The number of carbonyl (C=O) groups excluding carboxylic acids is 1. The van der Waals surface area contributed by atoms with Crippen molar-refractivity contribution in [2.75, 3.05) is 32.6 Å². The second kappa shape index (κ2) is 7.50. The summed E-state index contributed by atoms with van der Waals surface area (Å²) in [5, 5.41) is 0. The highest BCUT2D eigenvalue weighted by atomic mass is 16.5. The lowest BCUT2D eigenvalue weighted by Crippen LogP contribution is -2.36. The van der Waals surface area contributed by atoms with E-state index in [0.717, 1.165) is 17.0 Å². The zero-order chi connectivity index (χ0) is 15.9. The van der Waals surface area contributed by atoms with Gasteiger partial charge in [0.05, 0.1) is 13.7 Å². The van der Waals surface area contributed by atoms with E-state index >= 15 is 0 Å². The normalized spacial score (nSPS) is 10.1. The quantitative estimate of drug-likeness (QED) is 0.822. The summed E-state index contributed by atoms with van der Waals surface area (Å²) in [6, 6.07) is 17.7. The third-order valence-electron chi connectivity index (χ3n) is 3.57. The van der Waals surface area contributed by atoms with Gasteiger partial charge in [-0.15, -0.1) is 0 Å². The van der Waals surface area contributed by atoms with E-state index in [1.807, 2.05) is 73.6 Å². The Bertz CT molecular complexity index is 596. The van der Waals surface area contributed by atoms with Crippen LogP contribution in [-0.4, -0.2) is 38.6 Å². The molecule has 0 fully saturated rings. The summed E-state index contributed by atoms with van der Waals surface area (Å²) in [5.74, 6) is 0.906. The molecule has 0 spiro atoms. The summed E-state index contributed by atoms with van der Waals surface area (Å²) in [7, 11) is 5.39. The van der Waals surface area contributed by atoms with Gasteiger partial charge in [0.25, 0.3) is 0 Å². The Morgan fingerprint density at radius 3 is 2.23 bits per heavy atom. The molecule has 0 aliphatic rings. The van der Waals surface area contributed by atoms with E-state index in [1.54, 1.807) is 12.0 Å². The number of para-hydroxylation sites is 1. The second-order valence-electron chi connectivity index (χ2n) is 5.29. The van der Waals surface area contributed by atoms with Crippen LogP contribution in [0.25, 0.3) is 0 Å².